The minimum atomic E-state index is -0.224. The molecule has 0 saturated carbocycles. The number of hydrogen-bond acceptors (Lipinski definition) is 3. The molecular weight excluding hydrogens is 202 g/mol. The summed E-state index contributed by atoms with van der Waals surface area (Å²) in [6.07, 6.45) is 0.278. The number of esters is 1. The van der Waals surface area contributed by atoms with E-state index < -0.39 is 0 Å². The second-order valence-corrected chi connectivity index (χ2v) is 3.53. The minimum Gasteiger partial charge on any atom is -0.461 e. The fourth-order valence-electron chi connectivity index (χ4n) is 1.32. The van der Waals surface area contributed by atoms with Crippen molar-refractivity contribution in [3.05, 3.63) is 35.9 Å². The Morgan fingerprint density at radius 1 is 1.31 bits per heavy atom. The van der Waals surface area contributed by atoms with Crippen LogP contribution in [0.25, 0.3) is 0 Å². The molecule has 0 amide bonds. The van der Waals surface area contributed by atoms with Crippen LogP contribution in [-0.4, -0.2) is 18.2 Å². The van der Waals surface area contributed by atoms with Crippen LogP contribution in [0, 0.1) is 0 Å². The van der Waals surface area contributed by atoms with Crippen molar-refractivity contribution in [1.29, 1.82) is 0 Å². The highest BCUT2D eigenvalue weighted by atomic mass is 16.5. The number of benzene rings is 1. The normalized spacial score (nSPS) is 11.2. The summed E-state index contributed by atoms with van der Waals surface area (Å²) >= 11 is 0. The third kappa shape index (κ3) is 4.73. The van der Waals surface area contributed by atoms with E-state index in [9.17, 15) is 4.79 Å². The van der Waals surface area contributed by atoms with Crippen molar-refractivity contribution in [1.82, 2.24) is 0 Å². The zero-order valence-corrected chi connectivity index (χ0v) is 9.77. The molecule has 0 atom stereocenters. The van der Waals surface area contributed by atoms with E-state index in [-0.39, 0.29) is 12.4 Å². The lowest BCUT2D eigenvalue weighted by Gasteiger charge is -2.04. The first-order valence-electron chi connectivity index (χ1n) is 5.42. The Bertz CT molecular complexity index is 357. The van der Waals surface area contributed by atoms with Crippen molar-refractivity contribution in [2.24, 2.45) is 4.99 Å². The van der Waals surface area contributed by atoms with Crippen LogP contribution in [0.15, 0.2) is 35.3 Å². The summed E-state index contributed by atoms with van der Waals surface area (Å²) in [5.41, 5.74) is 1.82. The van der Waals surface area contributed by atoms with Gasteiger partial charge in [0.1, 0.15) is 6.61 Å². The van der Waals surface area contributed by atoms with E-state index in [2.05, 4.69) is 4.99 Å². The van der Waals surface area contributed by atoms with Gasteiger partial charge in [0, 0.05) is 12.3 Å². The van der Waals surface area contributed by atoms with Gasteiger partial charge in [-0.25, -0.2) is 0 Å². The summed E-state index contributed by atoms with van der Waals surface area (Å²) in [7, 11) is 0. The maximum atomic E-state index is 11.4. The molecular formula is C13H17NO2. The number of nitrogens with zero attached hydrogens (tertiary/aromatic N) is 1. The van der Waals surface area contributed by atoms with E-state index in [1.807, 2.05) is 44.2 Å². The molecule has 0 heterocycles. The van der Waals surface area contributed by atoms with Crippen LogP contribution in [0.1, 0.15) is 25.8 Å². The molecule has 1 aromatic rings. The van der Waals surface area contributed by atoms with Gasteiger partial charge in [-0.3, -0.25) is 9.79 Å². The molecule has 0 aliphatic heterocycles. The van der Waals surface area contributed by atoms with Crippen LogP contribution < -0.4 is 0 Å². The molecule has 0 fully saturated rings. The Kier molecular flexibility index (Phi) is 5.26. The van der Waals surface area contributed by atoms with Gasteiger partial charge >= 0.3 is 5.97 Å². The summed E-state index contributed by atoms with van der Waals surface area (Å²) in [5.74, 6) is -0.224. The Labute approximate surface area is 96.2 Å². The van der Waals surface area contributed by atoms with Crippen LogP contribution in [0.5, 0.6) is 0 Å². The zero-order valence-electron chi connectivity index (χ0n) is 9.77. The molecule has 0 unspecified atom stereocenters. The van der Waals surface area contributed by atoms with Crippen LogP contribution in [-0.2, 0) is 16.1 Å². The Hall–Kier alpha value is -1.64. The zero-order chi connectivity index (χ0) is 11.8. The summed E-state index contributed by atoms with van der Waals surface area (Å²) in [4.78, 5) is 15.5. The van der Waals surface area contributed by atoms with Crippen molar-refractivity contribution in [2.45, 2.75) is 26.9 Å². The molecule has 0 aliphatic rings. The molecule has 0 aromatic heterocycles. The molecule has 86 valence electrons. The second kappa shape index (κ2) is 6.77. The Morgan fingerprint density at radius 3 is 2.62 bits per heavy atom. The first-order valence-corrected chi connectivity index (χ1v) is 5.42. The average molecular weight is 219 g/mol. The first kappa shape index (κ1) is 12.4. The van der Waals surface area contributed by atoms with Gasteiger partial charge in [-0.1, -0.05) is 30.3 Å². The fraction of sp³-hybridized carbons (Fsp3) is 0.385. The second-order valence-electron chi connectivity index (χ2n) is 3.53. The van der Waals surface area contributed by atoms with Gasteiger partial charge < -0.3 is 4.74 Å². The molecule has 16 heavy (non-hydrogen) atoms. The van der Waals surface area contributed by atoms with Crippen LogP contribution in [0.4, 0.5) is 0 Å². The SMILES string of the molecule is CCN=C(C)CC(=O)OCc1ccccc1. The quantitative estimate of drug-likeness (QED) is 0.564. The van der Waals surface area contributed by atoms with Crippen molar-refractivity contribution in [2.75, 3.05) is 6.54 Å². The lowest BCUT2D eigenvalue weighted by Crippen LogP contribution is -2.09. The van der Waals surface area contributed by atoms with Gasteiger partial charge in [0.05, 0.1) is 6.42 Å². The molecule has 0 bridgehead atoms. The van der Waals surface area contributed by atoms with Gasteiger partial charge in [-0.05, 0) is 19.4 Å². The molecule has 1 rings (SSSR count). The van der Waals surface area contributed by atoms with Gasteiger partial charge in [0.2, 0.25) is 0 Å². The van der Waals surface area contributed by atoms with Gasteiger partial charge in [0.15, 0.2) is 0 Å². The molecule has 0 spiro atoms. The molecule has 0 saturated heterocycles. The number of rotatable bonds is 5. The molecule has 1 aromatic carbocycles. The standard InChI is InChI=1S/C13H17NO2/c1-3-14-11(2)9-13(15)16-10-12-7-5-4-6-8-12/h4-8H,3,9-10H2,1-2H3. The summed E-state index contributed by atoms with van der Waals surface area (Å²) in [6.45, 7) is 4.82. The smallest absolute Gasteiger partial charge is 0.311 e. The predicted octanol–water partition coefficient (Wildman–Crippen LogP) is 2.60. The van der Waals surface area contributed by atoms with E-state index >= 15 is 0 Å². The van der Waals surface area contributed by atoms with Gasteiger partial charge in [-0.2, -0.15) is 0 Å². The Morgan fingerprint density at radius 2 is 2.00 bits per heavy atom. The van der Waals surface area contributed by atoms with Crippen molar-refractivity contribution < 1.29 is 9.53 Å². The fourth-order valence-corrected chi connectivity index (χ4v) is 1.32. The number of aliphatic imine (C=N–C) groups is 1. The molecule has 3 nitrogen and oxygen atoms in total. The average Bonchev–Trinajstić information content (AvgIpc) is 2.28. The van der Waals surface area contributed by atoms with Gasteiger partial charge in [0.25, 0.3) is 0 Å². The lowest BCUT2D eigenvalue weighted by molar-refractivity contribution is -0.143. The lowest BCUT2D eigenvalue weighted by atomic mass is 10.2. The minimum absolute atomic E-state index is 0.224. The largest absolute Gasteiger partial charge is 0.461 e. The van der Waals surface area contributed by atoms with E-state index in [1.54, 1.807) is 0 Å². The molecule has 0 N–H and O–H groups in total. The summed E-state index contributed by atoms with van der Waals surface area (Å²) in [6, 6.07) is 9.64. The first-order chi connectivity index (χ1) is 7.72. The topological polar surface area (TPSA) is 38.7 Å². The van der Waals surface area contributed by atoms with E-state index in [4.69, 9.17) is 4.74 Å². The van der Waals surface area contributed by atoms with Crippen molar-refractivity contribution >= 4 is 11.7 Å². The molecule has 0 aliphatic carbocycles. The number of carbonyl (C=O) groups is 1. The molecule has 3 heteroatoms. The highest BCUT2D eigenvalue weighted by molar-refractivity contribution is 5.97. The van der Waals surface area contributed by atoms with Crippen molar-refractivity contribution in [3.8, 4) is 0 Å². The Balaban J connectivity index is 2.33. The monoisotopic (exact) mass is 219 g/mol. The number of carbonyl (C=O) groups excluding carboxylic acids is 1. The van der Waals surface area contributed by atoms with Crippen LogP contribution in [0.2, 0.25) is 0 Å². The third-order valence-corrected chi connectivity index (χ3v) is 2.07. The van der Waals surface area contributed by atoms with Crippen molar-refractivity contribution in [3.63, 3.8) is 0 Å². The maximum absolute atomic E-state index is 11.4. The van der Waals surface area contributed by atoms with Crippen LogP contribution >= 0.6 is 0 Å². The highest BCUT2D eigenvalue weighted by Crippen LogP contribution is 2.02. The number of hydrogen-bond donors (Lipinski definition) is 0. The van der Waals surface area contributed by atoms with E-state index in [0.29, 0.717) is 13.2 Å². The van der Waals surface area contributed by atoms with E-state index in [0.717, 1.165) is 11.3 Å². The summed E-state index contributed by atoms with van der Waals surface area (Å²) < 4.78 is 5.13. The van der Waals surface area contributed by atoms with Crippen LogP contribution in [0.3, 0.4) is 0 Å². The van der Waals surface area contributed by atoms with Gasteiger partial charge in [-0.15, -0.1) is 0 Å². The molecule has 0 radical (unpaired) electrons. The predicted molar refractivity (Wildman–Crippen MR) is 64.5 cm³/mol. The third-order valence-electron chi connectivity index (χ3n) is 2.07. The highest BCUT2D eigenvalue weighted by Gasteiger charge is 2.04. The summed E-state index contributed by atoms with van der Waals surface area (Å²) in [5, 5.41) is 0. The number of ether oxygens (including phenoxy) is 1. The maximum Gasteiger partial charge on any atom is 0.311 e. The van der Waals surface area contributed by atoms with E-state index in [1.165, 1.54) is 0 Å².